The molecule has 11 aromatic rings. The molecule has 0 atom stereocenters. The number of nitrogens with zero attached hydrogens (tertiary/aromatic N) is 5. The van der Waals surface area contributed by atoms with Crippen molar-refractivity contribution in [2.45, 2.75) is 0 Å². The second-order valence-electron chi connectivity index (χ2n) is 13.5. The zero-order chi connectivity index (χ0) is 34.9. The zero-order valence-corrected chi connectivity index (χ0v) is 28.6. The summed E-state index contributed by atoms with van der Waals surface area (Å²) in [4.78, 5) is 0. The first-order chi connectivity index (χ1) is 26.3. The van der Waals surface area contributed by atoms with Gasteiger partial charge in [-0.3, -0.25) is 0 Å². The molecule has 0 spiro atoms. The third kappa shape index (κ3) is 4.51. The molecule has 0 fully saturated rings. The van der Waals surface area contributed by atoms with E-state index in [2.05, 4.69) is 179 Å². The van der Waals surface area contributed by atoms with Crippen LogP contribution in [0.4, 0.5) is 0 Å². The summed E-state index contributed by atoms with van der Waals surface area (Å²) in [6.07, 6.45) is 0. The van der Waals surface area contributed by atoms with Crippen molar-refractivity contribution in [3.8, 4) is 39.6 Å². The third-order valence-electron chi connectivity index (χ3n) is 10.6. The van der Waals surface area contributed by atoms with Crippen LogP contribution in [0.25, 0.3) is 94.0 Å². The van der Waals surface area contributed by atoms with E-state index in [1.54, 1.807) is 0 Å². The highest BCUT2D eigenvalue weighted by Gasteiger charge is 2.22. The molecule has 3 aromatic heterocycles. The quantitative estimate of drug-likeness (QED) is 0.182. The van der Waals surface area contributed by atoms with Crippen LogP contribution in [0.1, 0.15) is 0 Å². The molecule has 11 rings (SSSR count). The van der Waals surface area contributed by atoms with E-state index in [0.717, 1.165) is 45.0 Å². The van der Waals surface area contributed by atoms with Gasteiger partial charge in [0.2, 0.25) is 0 Å². The predicted molar refractivity (Wildman–Crippen MR) is 218 cm³/mol. The Kier molecular flexibility index (Phi) is 6.48. The highest BCUT2D eigenvalue weighted by atomic mass is 15.4. The van der Waals surface area contributed by atoms with E-state index >= 15 is 0 Å². The van der Waals surface area contributed by atoms with Crippen molar-refractivity contribution < 1.29 is 0 Å². The van der Waals surface area contributed by atoms with Crippen LogP contribution >= 0.6 is 0 Å². The smallest absolute Gasteiger partial charge is 0.121 e. The van der Waals surface area contributed by atoms with Crippen molar-refractivity contribution in [1.29, 1.82) is 0 Å². The van der Waals surface area contributed by atoms with Crippen molar-refractivity contribution in [2.75, 3.05) is 0 Å². The maximum atomic E-state index is 4.83. The summed E-state index contributed by atoms with van der Waals surface area (Å²) in [7, 11) is 0. The van der Waals surface area contributed by atoms with E-state index < -0.39 is 0 Å². The van der Waals surface area contributed by atoms with Gasteiger partial charge in [-0.2, -0.15) is 0 Å². The van der Waals surface area contributed by atoms with Crippen LogP contribution in [-0.4, -0.2) is 24.1 Å². The Morgan fingerprint density at radius 1 is 0.358 bits per heavy atom. The fourth-order valence-corrected chi connectivity index (χ4v) is 8.23. The molecule has 0 saturated carbocycles. The molecule has 0 aliphatic rings. The second kappa shape index (κ2) is 11.7. The van der Waals surface area contributed by atoms with Gasteiger partial charge < -0.3 is 9.13 Å². The van der Waals surface area contributed by atoms with Gasteiger partial charge in [0.05, 0.1) is 27.8 Å². The van der Waals surface area contributed by atoms with Gasteiger partial charge in [0, 0.05) is 44.0 Å². The number of hydrogen-bond donors (Lipinski definition) is 0. The van der Waals surface area contributed by atoms with Gasteiger partial charge in [-0.25, -0.2) is 4.68 Å². The summed E-state index contributed by atoms with van der Waals surface area (Å²) in [5, 5.41) is 16.8. The minimum atomic E-state index is 0.842. The van der Waals surface area contributed by atoms with Gasteiger partial charge in [0.15, 0.2) is 0 Å². The zero-order valence-electron chi connectivity index (χ0n) is 28.6. The molecule has 0 radical (unpaired) electrons. The molecule has 0 aliphatic heterocycles. The lowest BCUT2D eigenvalue weighted by atomic mass is 9.98. The van der Waals surface area contributed by atoms with E-state index in [0.29, 0.717) is 0 Å². The Hall–Kier alpha value is -7.24. The van der Waals surface area contributed by atoms with Crippen LogP contribution in [0.3, 0.4) is 0 Å². The first-order valence-electron chi connectivity index (χ1n) is 17.9. The molecule has 0 bridgehead atoms. The Bertz CT molecular complexity index is 3140. The number of benzene rings is 8. The van der Waals surface area contributed by atoms with E-state index in [4.69, 9.17) is 10.3 Å². The maximum Gasteiger partial charge on any atom is 0.121 e. The van der Waals surface area contributed by atoms with Crippen molar-refractivity contribution >= 4 is 54.4 Å². The summed E-state index contributed by atoms with van der Waals surface area (Å²) in [6.45, 7) is 0. The fraction of sp³-hybridized carbons (Fsp3) is 0. The molecule has 0 aliphatic carbocycles. The largest absolute Gasteiger partial charge is 0.309 e. The van der Waals surface area contributed by atoms with Gasteiger partial charge in [-0.15, -0.1) is 5.10 Å². The number of hydrogen-bond acceptors (Lipinski definition) is 2. The average molecular weight is 678 g/mol. The summed E-state index contributed by atoms with van der Waals surface area (Å²) in [6, 6.07) is 66.9. The molecule has 3 heterocycles. The summed E-state index contributed by atoms with van der Waals surface area (Å²) >= 11 is 0. The number of aromatic nitrogens is 5. The number of rotatable bonds is 5. The van der Waals surface area contributed by atoms with Crippen LogP contribution in [0.5, 0.6) is 0 Å². The molecule has 5 nitrogen and oxygen atoms in total. The normalized spacial score (nSPS) is 11.8. The predicted octanol–water partition coefficient (Wildman–Crippen LogP) is 11.9. The lowest BCUT2D eigenvalue weighted by molar-refractivity contribution is 0.809. The fourth-order valence-electron chi connectivity index (χ4n) is 8.23. The number of para-hydroxylation sites is 4. The minimum Gasteiger partial charge on any atom is -0.309 e. The lowest BCUT2D eigenvalue weighted by Crippen LogP contribution is -2.00. The van der Waals surface area contributed by atoms with Gasteiger partial charge in [-0.05, 0) is 71.4 Å². The monoisotopic (exact) mass is 677 g/mol. The minimum absolute atomic E-state index is 0.842. The molecule has 0 saturated heterocycles. The molecule has 0 N–H and O–H groups in total. The Labute approximate surface area is 305 Å². The van der Waals surface area contributed by atoms with Crippen molar-refractivity contribution in [2.24, 2.45) is 0 Å². The number of fused-ring (bicyclic) bond motifs is 7. The molecule has 0 amide bonds. The van der Waals surface area contributed by atoms with Crippen LogP contribution in [0, 0.1) is 0 Å². The van der Waals surface area contributed by atoms with Crippen LogP contribution in [0.15, 0.2) is 188 Å². The third-order valence-corrected chi connectivity index (χ3v) is 10.6. The van der Waals surface area contributed by atoms with Crippen LogP contribution < -0.4 is 0 Å². The van der Waals surface area contributed by atoms with Gasteiger partial charge in [-0.1, -0.05) is 133 Å². The topological polar surface area (TPSA) is 40.6 Å². The SMILES string of the molecule is c1ccc(-n2nnc(-c3ccc(-n4c5ccccc5c5cc6c(cc54)c4ccccc4n6-c4ccccc4)cc3)c2-c2cccc3ccccc23)cc1. The van der Waals surface area contributed by atoms with Gasteiger partial charge in [0.1, 0.15) is 11.4 Å². The summed E-state index contributed by atoms with van der Waals surface area (Å²) in [5.41, 5.74) is 11.9. The molecular weight excluding hydrogens is 647 g/mol. The molecule has 248 valence electrons. The van der Waals surface area contributed by atoms with E-state index in [1.807, 2.05) is 22.9 Å². The first kappa shape index (κ1) is 29.5. The van der Waals surface area contributed by atoms with Gasteiger partial charge in [0.25, 0.3) is 0 Å². The van der Waals surface area contributed by atoms with Gasteiger partial charge >= 0.3 is 0 Å². The molecule has 8 aromatic carbocycles. The summed E-state index contributed by atoms with van der Waals surface area (Å²) < 4.78 is 6.76. The second-order valence-corrected chi connectivity index (χ2v) is 13.5. The Morgan fingerprint density at radius 3 is 1.51 bits per heavy atom. The average Bonchev–Trinajstić information content (AvgIpc) is 3.91. The van der Waals surface area contributed by atoms with E-state index in [9.17, 15) is 0 Å². The molecule has 5 heteroatoms. The Morgan fingerprint density at radius 2 is 0.868 bits per heavy atom. The van der Waals surface area contributed by atoms with E-state index in [1.165, 1.54) is 49.0 Å². The lowest BCUT2D eigenvalue weighted by Gasteiger charge is -2.12. The maximum absolute atomic E-state index is 4.83. The van der Waals surface area contributed by atoms with Crippen LogP contribution in [0.2, 0.25) is 0 Å². The van der Waals surface area contributed by atoms with Crippen molar-refractivity contribution in [1.82, 2.24) is 24.1 Å². The Balaban J connectivity index is 1.12. The highest BCUT2D eigenvalue weighted by Crippen LogP contribution is 2.41. The van der Waals surface area contributed by atoms with Crippen molar-refractivity contribution in [3.63, 3.8) is 0 Å². The molecular formula is C48H31N5. The van der Waals surface area contributed by atoms with Crippen molar-refractivity contribution in [3.05, 3.63) is 188 Å². The molecule has 53 heavy (non-hydrogen) atoms. The molecule has 0 unspecified atom stereocenters. The van der Waals surface area contributed by atoms with Crippen LogP contribution in [-0.2, 0) is 0 Å². The standard InChI is InChI=1S/C48H31N5/c1-3-16-34(17-4-1)51-43-24-11-9-21-38(43)41-31-46-42(30-45(41)51)39-22-10-12-25-44(39)52(46)35-28-26-33(27-29-35)47-48(53(50-49-47)36-18-5-2-6-19-36)40-23-13-15-32-14-7-8-20-37(32)40/h1-31H. The first-order valence-corrected chi connectivity index (χ1v) is 17.9. The van der Waals surface area contributed by atoms with E-state index in [-0.39, 0.29) is 0 Å². The highest BCUT2D eigenvalue weighted by molar-refractivity contribution is 6.19. The summed E-state index contributed by atoms with van der Waals surface area (Å²) in [5.74, 6) is 0.